The lowest BCUT2D eigenvalue weighted by molar-refractivity contribution is -0.0369. The van der Waals surface area contributed by atoms with Crippen molar-refractivity contribution in [1.29, 1.82) is 0 Å². The molecular weight excluding hydrogens is 424 g/mol. The number of β-amino-alcohol motifs (C(OH)–C–C–N with tert-alkyl or cyclic N) is 1. The quantitative estimate of drug-likeness (QED) is 0.579. The minimum Gasteiger partial charge on any atom is -0.388 e. The van der Waals surface area contributed by atoms with Crippen LogP contribution in [0.4, 0.5) is 0 Å². The number of piperidine rings is 1. The SMILES string of the molecule is Cc1nnnn1Cc1ccc(C(=O)N2CCC(O)(CN3CNn4cccc4C3=O)CC2)cc1. The number of carbonyl (C=O) groups excluding carboxylic acids is 2. The number of aliphatic hydroxyl groups is 1. The van der Waals surface area contributed by atoms with Crippen LogP contribution in [0.5, 0.6) is 0 Å². The van der Waals surface area contributed by atoms with Crippen molar-refractivity contribution in [2.45, 2.75) is 31.9 Å². The van der Waals surface area contributed by atoms with Crippen LogP contribution < -0.4 is 5.43 Å². The zero-order valence-corrected chi connectivity index (χ0v) is 18.4. The van der Waals surface area contributed by atoms with Crippen LogP contribution in [0, 0.1) is 6.92 Å². The summed E-state index contributed by atoms with van der Waals surface area (Å²) < 4.78 is 3.39. The van der Waals surface area contributed by atoms with Crippen molar-refractivity contribution >= 4 is 11.8 Å². The first-order valence-corrected chi connectivity index (χ1v) is 11.0. The molecule has 33 heavy (non-hydrogen) atoms. The molecule has 0 spiro atoms. The van der Waals surface area contributed by atoms with Crippen molar-refractivity contribution in [3.63, 3.8) is 0 Å². The van der Waals surface area contributed by atoms with Gasteiger partial charge < -0.3 is 20.3 Å². The van der Waals surface area contributed by atoms with Crippen molar-refractivity contribution in [3.05, 3.63) is 65.2 Å². The standard InChI is InChI=1S/C22H26N8O3/c1-16-24-25-26-30(16)13-17-4-6-18(7-5-17)20(31)27-11-8-22(33,9-12-27)14-28-15-23-29-10-2-3-19(29)21(28)32/h2-7,10,23,33H,8-9,11-15H2,1H3. The molecule has 2 N–H and O–H groups in total. The predicted octanol–water partition coefficient (Wildman–Crippen LogP) is 0.455. The molecular formula is C22H26N8O3. The molecule has 2 aliphatic heterocycles. The lowest BCUT2D eigenvalue weighted by atomic mass is 9.90. The topological polar surface area (TPSA) is 121 Å². The molecule has 2 aromatic heterocycles. The van der Waals surface area contributed by atoms with Crippen LogP contribution in [0.3, 0.4) is 0 Å². The Balaban J connectivity index is 1.17. The average Bonchev–Trinajstić information content (AvgIpc) is 3.46. The van der Waals surface area contributed by atoms with Crippen molar-refractivity contribution < 1.29 is 14.7 Å². The molecule has 0 saturated carbocycles. The highest BCUT2D eigenvalue weighted by atomic mass is 16.3. The van der Waals surface area contributed by atoms with Gasteiger partial charge in [0.05, 0.1) is 18.7 Å². The second-order valence-corrected chi connectivity index (χ2v) is 8.68. The highest BCUT2D eigenvalue weighted by Crippen LogP contribution is 2.26. The van der Waals surface area contributed by atoms with E-state index in [1.807, 2.05) is 37.3 Å². The zero-order valence-electron chi connectivity index (χ0n) is 18.4. The van der Waals surface area contributed by atoms with Gasteiger partial charge in [0.25, 0.3) is 11.8 Å². The number of hydrogen-bond donors (Lipinski definition) is 2. The molecule has 172 valence electrons. The molecule has 0 radical (unpaired) electrons. The Morgan fingerprint density at radius 2 is 1.94 bits per heavy atom. The number of nitrogens with one attached hydrogen (secondary N) is 1. The second kappa shape index (κ2) is 8.32. The smallest absolute Gasteiger partial charge is 0.273 e. The summed E-state index contributed by atoms with van der Waals surface area (Å²) in [5.41, 5.74) is 4.27. The van der Waals surface area contributed by atoms with Gasteiger partial charge in [-0.1, -0.05) is 12.1 Å². The molecule has 0 unspecified atom stereocenters. The molecule has 3 aromatic rings. The molecule has 1 fully saturated rings. The fourth-order valence-electron chi connectivity index (χ4n) is 4.36. The fraction of sp³-hybridized carbons (Fsp3) is 0.409. The number of fused-ring (bicyclic) bond motifs is 1. The van der Waals surface area contributed by atoms with Crippen LogP contribution in [0.1, 0.15) is 45.1 Å². The number of hydrogen-bond acceptors (Lipinski definition) is 7. The summed E-state index contributed by atoms with van der Waals surface area (Å²) in [7, 11) is 0. The Morgan fingerprint density at radius 3 is 2.64 bits per heavy atom. The van der Waals surface area contributed by atoms with Gasteiger partial charge in [0.1, 0.15) is 18.2 Å². The van der Waals surface area contributed by atoms with E-state index in [9.17, 15) is 14.7 Å². The lowest BCUT2D eigenvalue weighted by Gasteiger charge is -2.42. The Hall–Kier alpha value is -3.73. The molecule has 4 heterocycles. The van der Waals surface area contributed by atoms with Gasteiger partial charge >= 0.3 is 0 Å². The number of aromatic nitrogens is 5. The van der Waals surface area contributed by atoms with Crippen LogP contribution in [0.2, 0.25) is 0 Å². The zero-order chi connectivity index (χ0) is 23.0. The maximum Gasteiger partial charge on any atom is 0.273 e. The number of amides is 2. The van der Waals surface area contributed by atoms with Crippen LogP contribution >= 0.6 is 0 Å². The van der Waals surface area contributed by atoms with Crippen molar-refractivity contribution in [2.75, 3.05) is 31.7 Å². The summed E-state index contributed by atoms with van der Waals surface area (Å²) in [5, 5.41) is 22.6. The summed E-state index contributed by atoms with van der Waals surface area (Å²) in [6.45, 7) is 3.82. The van der Waals surface area contributed by atoms with Crippen LogP contribution in [0.15, 0.2) is 42.6 Å². The van der Waals surface area contributed by atoms with Gasteiger partial charge in [0.2, 0.25) is 0 Å². The van der Waals surface area contributed by atoms with E-state index >= 15 is 0 Å². The number of tetrazole rings is 1. The molecule has 5 rings (SSSR count). The van der Waals surface area contributed by atoms with Gasteiger partial charge in [-0.2, -0.15) is 0 Å². The summed E-state index contributed by atoms with van der Waals surface area (Å²) in [6, 6.07) is 11.0. The van der Waals surface area contributed by atoms with E-state index < -0.39 is 5.60 Å². The van der Waals surface area contributed by atoms with Gasteiger partial charge in [-0.05, 0) is 60.0 Å². The number of benzene rings is 1. The van der Waals surface area contributed by atoms with Gasteiger partial charge in [-0.25, -0.2) is 4.68 Å². The maximum absolute atomic E-state index is 13.0. The first-order valence-electron chi connectivity index (χ1n) is 11.0. The number of likely N-dealkylation sites (tertiary alicyclic amines) is 1. The third-order valence-electron chi connectivity index (χ3n) is 6.40. The van der Waals surface area contributed by atoms with Crippen molar-refractivity contribution in [1.82, 2.24) is 34.7 Å². The Bertz CT molecular complexity index is 1160. The summed E-state index contributed by atoms with van der Waals surface area (Å²) in [4.78, 5) is 29.0. The lowest BCUT2D eigenvalue weighted by Crippen LogP contribution is -2.56. The number of nitrogens with zero attached hydrogens (tertiary/aromatic N) is 7. The van der Waals surface area contributed by atoms with Gasteiger partial charge in [-0.15, -0.1) is 5.10 Å². The molecule has 2 aliphatic rings. The van der Waals surface area contributed by atoms with E-state index in [4.69, 9.17) is 0 Å². The van der Waals surface area contributed by atoms with E-state index in [0.29, 0.717) is 50.4 Å². The normalized spacial score (nSPS) is 17.6. The van der Waals surface area contributed by atoms with E-state index in [-0.39, 0.29) is 18.4 Å². The third-order valence-corrected chi connectivity index (χ3v) is 6.40. The van der Waals surface area contributed by atoms with E-state index in [2.05, 4.69) is 21.0 Å². The van der Waals surface area contributed by atoms with E-state index in [1.165, 1.54) is 0 Å². The highest BCUT2D eigenvalue weighted by molar-refractivity contribution is 5.94. The predicted molar refractivity (Wildman–Crippen MR) is 118 cm³/mol. The molecule has 2 amide bonds. The Labute approximate surface area is 190 Å². The van der Waals surface area contributed by atoms with E-state index in [0.717, 1.165) is 11.4 Å². The molecule has 1 aromatic carbocycles. The molecule has 11 heteroatoms. The summed E-state index contributed by atoms with van der Waals surface area (Å²) in [5.74, 6) is 0.560. The Kier molecular flexibility index (Phi) is 5.33. The van der Waals surface area contributed by atoms with Gasteiger partial charge in [0, 0.05) is 24.8 Å². The first kappa shape index (κ1) is 21.1. The molecule has 11 nitrogen and oxygen atoms in total. The molecule has 0 atom stereocenters. The molecule has 0 bridgehead atoms. The number of aryl methyl sites for hydroxylation is 1. The minimum absolute atomic E-state index is 0.0595. The minimum atomic E-state index is -1.02. The van der Waals surface area contributed by atoms with Crippen LogP contribution in [0.25, 0.3) is 0 Å². The first-order chi connectivity index (χ1) is 15.9. The molecule has 1 saturated heterocycles. The van der Waals surface area contributed by atoms with Crippen molar-refractivity contribution in [3.8, 4) is 0 Å². The fourth-order valence-corrected chi connectivity index (χ4v) is 4.36. The average molecular weight is 451 g/mol. The summed E-state index contributed by atoms with van der Waals surface area (Å²) in [6.07, 6.45) is 2.63. The number of carbonyl (C=O) groups is 2. The maximum atomic E-state index is 13.0. The van der Waals surface area contributed by atoms with Gasteiger partial charge in [-0.3, -0.25) is 14.3 Å². The summed E-state index contributed by atoms with van der Waals surface area (Å²) >= 11 is 0. The second-order valence-electron chi connectivity index (χ2n) is 8.68. The number of rotatable bonds is 5. The van der Waals surface area contributed by atoms with E-state index in [1.54, 1.807) is 31.4 Å². The third kappa shape index (κ3) is 4.19. The largest absolute Gasteiger partial charge is 0.388 e. The van der Waals surface area contributed by atoms with Gasteiger partial charge in [0.15, 0.2) is 0 Å². The molecule has 0 aliphatic carbocycles. The van der Waals surface area contributed by atoms with Crippen LogP contribution in [-0.4, -0.2) is 83.5 Å². The monoisotopic (exact) mass is 450 g/mol. The highest BCUT2D eigenvalue weighted by Gasteiger charge is 2.38. The van der Waals surface area contributed by atoms with Crippen molar-refractivity contribution in [2.24, 2.45) is 0 Å². The Morgan fingerprint density at radius 1 is 1.18 bits per heavy atom. The van der Waals surface area contributed by atoms with Crippen LogP contribution in [-0.2, 0) is 6.54 Å².